The topological polar surface area (TPSA) is 112 Å². The molecule has 2 aromatic heterocycles. The summed E-state index contributed by atoms with van der Waals surface area (Å²) in [6, 6.07) is -2.58. The van der Waals surface area contributed by atoms with Gasteiger partial charge in [0.15, 0.2) is 17.4 Å². The number of hydrogen-bond acceptors (Lipinski definition) is 6. The van der Waals surface area contributed by atoms with Crippen LogP contribution in [0.25, 0.3) is 11.0 Å². The van der Waals surface area contributed by atoms with Crippen LogP contribution in [0.1, 0.15) is 17.4 Å². The Morgan fingerprint density at radius 3 is 2.59 bits per heavy atom. The van der Waals surface area contributed by atoms with E-state index in [0.717, 1.165) is 6.07 Å². The van der Waals surface area contributed by atoms with Crippen molar-refractivity contribution in [1.82, 2.24) is 20.6 Å². The summed E-state index contributed by atoms with van der Waals surface area (Å²) in [7, 11) is 0. The summed E-state index contributed by atoms with van der Waals surface area (Å²) in [5.41, 5.74) is -0.743. The van der Waals surface area contributed by atoms with Crippen LogP contribution in [0, 0.1) is 18.6 Å². The van der Waals surface area contributed by atoms with Gasteiger partial charge in [-0.2, -0.15) is 13.2 Å². The lowest BCUT2D eigenvalue weighted by atomic mass is 10.1. The molecular weight excluding hydrogens is 467 g/mol. The number of furan rings is 1. The number of hydrogen-bond donors (Lipinski definition) is 3. The van der Waals surface area contributed by atoms with Crippen LogP contribution in [-0.2, 0) is 4.79 Å². The molecule has 0 saturated carbocycles. The van der Waals surface area contributed by atoms with Crippen molar-refractivity contribution >= 4 is 34.5 Å². The summed E-state index contributed by atoms with van der Waals surface area (Å²) >= 11 is 0. The molecule has 0 radical (unpaired) electrons. The minimum absolute atomic E-state index is 0.0157. The van der Waals surface area contributed by atoms with Crippen LogP contribution >= 0.6 is 0 Å². The second-order valence-electron chi connectivity index (χ2n) is 7.47. The zero-order valence-corrected chi connectivity index (χ0v) is 17.5. The van der Waals surface area contributed by atoms with Gasteiger partial charge in [0.2, 0.25) is 11.9 Å². The van der Waals surface area contributed by atoms with Crippen molar-refractivity contribution in [2.24, 2.45) is 0 Å². The quantitative estimate of drug-likeness (QED) is 0.491. The molecule has 1 saturated heterocycles. The van der Waals surface area contributed by atoms with Crippen LogP contribution in [0.5, 0.6) is 0 Å². The third-order valence-corrected chi connectivity index (χ3v) is 5.08. The Bertz CT molecular complexity index is 1240. The molecule has 9 nitrogen and oxygen atoms in total. The molecule has 0 unspecified atom stereocenters. The van der Waals surface area contributed by atoms with Crippen molar-refractivity contribution in [2.45, 2.75) is 19.1 Å². The summed E-state index contributed by atoms with van der Waals surface area (Å²) in [4.78, 5) is 33.4. The maximum absolute atomic E-state index is 14.0. The van der Waals surface area contributed by atoms with Gasteiger partial charge >= 0.3 is 12.2 Å². The molecule has 0 spiro atoms. The number of alkyl halides is 3. The van der Waals surface area contributed by atoms with E-state index in [9.17, 15) is 31.5 Å². The summed E-state index contributed by atoms with van der Waals surface area (Å²) < 4.78 is 73.8. The van der Waals surface area contributed by atoms with Crippen molar-refractivity contribution in [2.75, 3.05) is 29.9 Å². The molecule has 3 N–H and O–H groups in total. The summed E-state index contributed by atoms with van der Waals surface area (Å²) in [5.74, 6) is -2.93. The molecule has 4 rings (SSSR count). The first-order valence-corrected chi connectivity index (χ1v) is 9.89. The molecule has 1 aliphatic heterocycles. The highest BCUT2D eigenvalue weighted by Gasteiger charge is 2.45. The van der Waals surface area contributed by atoms with Gasteiger partial charge < -0.3 is 25.3 Å². The van der Waals surface area contributed by atoms with Crippen LogP contribution in [-0.4, -0.2) is 47.7 Å². The molecular formula is C20H17F5N6O3. The molecule has 1 aliphatic rings. The number of nitrogens with zero attached hydrogens (tertiary/aromatic N) is 3. The Hall–Kier alpha value is -3.97. The number of benzene rings is 1. The first-order valence-electron chi connectivity index (χ1n) is 9.89. The van der Waals surface area contributed by atoms with Gasteiger partial charge in [-0.05, 0) is 13.0 Å². The fourth-order valence-corrected chi connectivity index (χ4v) is 3.49. The Balaban J connectivity index is 1.52. The lowest BCUT2D eigenvalue weighted by molar-refractivity contribution is -0.158. The van der Waals surface area contributed by atoms with E-state index in [0.29, 0.717) is 19.2 Å². The molecule has 180 valence electrons. The number of halogens is 5. The molecule has 1 atom stereocenters. The molecule has 34 heavy (non-hydrogen) atoms. The SMILES string of the molecule is Cc1c([C@H](NC(=O)Nc2cnc(N3CCNC(=O)C3)nc2)C(F)(F)F)oc2c(F)cc(F)cc12. The first-order chi connectivity index (χ1) is 16.0. The van der Waals surface area contributed by atoms with Crippen molar-refractivity contribution in [1.29, 1.82) is 0 Å². The first kappa shape index (κ1) is 23.2. The van der Waals surface area contributed by atoms with E-state index in [-0.39, 0.29) is 35.0 Å². The fourth-order valence-electron chi connectivity index (χ4n) is 3.49. The second kappa shape index (κ2) is 8.76. The van der Waals surface area contributed by atoms with Crippen molar-refractivity contribution in [3.63, 3.8) is 0 Å². The number of urea groups is 1. The van der Waals surface area contributed by atoms with Gasteiger partial charge in [0.05, 0.1) is 24.6 Å². The van der Waals surface area contributed by atoms with Gasteiger partial charge in [-0.15, -0.1) is 0 Å². The lowest BCUT2D eigenvalue weighted by Crippen LogP contribution is -2.48. The predicted octanol–water partition coefficient (Wildman–Crippen LogP) is 3.17. The largest absolute Gasteiger partial charge is 0.455 e. The normalized spacial score (nSPS) is 15.2. The smallest absolute Gasteiger partial charge is 0.416 e. The van der Waals surface area contributed by atoms with Gasteiger partial charge in [-0.3, -0.25) is 4.79 Å². The number of nitrogens with one attached hydrogen (secondary N) is 3. The van der Waals surface area contributed by atoms with Crippen LogP contribution < -0.4 is 20.9 Å². The minimum atomic E-state index is -5.01. The van der Waals surface area contributed by atoms with E-state index in [1.54, 1.807) is 10.2 Å². The van der Waals surface area contributed by atoms with Crippen molar-refractivity contribution in [3.8, 4) is 0 Å². The monoisotopic (exact) mass is 484 g/mol. The van der Waals surface area contributed by atoms with Crippen LogP contribution in [0.4, 0.5) is 38.4 Å². The number of carbonyl (C=O) groups excluding carboxylic acids is 2. The Morgan fingerprint density at radius 1 is 1.24 bits per heavy atom. The Labute approximate surface area is 188 Å². The highest BCUT2D eigenvalue weighted by molar-refractivity contribution is 5.90. The van der Waals surface area contributed by atoms with Gasteiger partial charge in [0.1, 0.15) is 11.6 Å². The van der Waals surface area contributed by atoms with Crippen LogP contribution in [0.3, 0.4) is 0 Å². The third-order valence-electron chi connectivity index (χ3n) is 5.08. The highest BCUT2D eigenvalue weighted by Crippen LogP contribution is 2.39. The molecule has 3 amide bonds. The van der Waals surface area contributed by atoms with Crippen LogP contribution in [0.15, 0.2) is 28.9 Å². The number of piperazine rings is 1. The Kier molecular flexibility index (Phi) is 5.98. The number of aromatic nitrogens is 2. The van der Waals surface area contributed by atoms with Gasteiger partial charge in [0, 0.05) is 30.1 Å². The molecule has 0 aliphatic carbocycles. The number of aryl methyl sites for hydroxylation is 1. The second-order valence-corrected chi connectivity index (χ2v) is 7.47. The highest BCUT2D eigenvalue weighted by atomic mass is 19.4. The molecule has 0 bridgehead atoms. The van der Waals surface area contributed by atoms with E-state index < -0.39 is 41.2 Å². The third kappa shape index (κ3) is 4.70. The zero-order chi connectivity index (χ0) is 24.6. The van der Waals surface area contributed by atoms with E-state index in [2.05, 4.69) is 20.6 Å². The van der Waals surface area contributed by atoms with Crippen molar-refractivity contribution < 1.29 is 36.0 Å². The van der Waals surface area contributed by atoms with Crippen LogP contribution in [0.2, 0.25) is 0 Å². The number of anilines is 2. The van der Waals surface area contributed by atoms with E-state index >= 15 is 0 Å². The van der Waals surface area contributed by atoms with Gasteiger partial charge in [-0.25, -0.2) is 23.5 Å². The summed E-state index contributed by atoms with van der Waals surface area (Å²) in [6.07, 6.45) is -2.68. The summed E-state index contributed by atoms with van der Waals surface area (Å²) in [6.45, 7) is 2.11. The number of fused-ring (bicyclic) bond motifs is 1. The fraction of sp³-hybridized carbons (Fsp3) is 0.300. The van der Waals surface area contributed by atoms with E-state index in [1.807, 2.05) is 0 Å². The number of amides is 3. The maximum Gasteiger partial charge on any atom is 0.416 e. The lowest BCUT2D eigenvalue weighted by Gasteiger charge is -2.26. The van der Waals surface area contributed by atoms with Crippen molar-refractivity contribution in [3.05, 3.63) is 47.5 Å². The number of carbonyl (C=O) groups is 2. The van der Waals surface area contributed by atoms with E-state index in [1.165, 1.54) is 19.3 Å². The minimum Gasteiger partial charge on any atom is -0.455 e. The maximum atomic E-state index is 14.0. The standard InChI is InChI=1S/C20H17F5N6O3/c1-9-12-4-10(21)5-13(22)16(12)34-15(9)17(20(23,24)25)30-19(33)29-11-6-27-18(28-7-11)31-3-2-26-14(32)8-31/h4-7,17H,2-3,8H2,1H3,(H,26,32)(H2,29,30,33)/t17-/m0/s1. The van der Waals surface area contributed by atoms with Gasteiger partial charge in [-0.1, -0.05) is 0 Å². The molecule has 14 heteroatoms. The van der Waals surface area contributed by atoms with E-state index in [4.69, 9.17) is 4.42 Å². The summed E-state index contributed by atoms with van der Waals surface area (Å²) in [5, 5.41) is 6.38. The number of rotatable bonds is 4. The molecule has 1 fully saturated rings. The predicted molar refractivity (Wildman–Crippen MR) is 109 cm³/mol. The molecule has 3 heterocycles. The van der Waals surface area contributed by atoms with Gasteiger partial charge in [0.25, 0.3) is 0 Å². The zero-order valence-electron chi connectivity index (χ0n) is 17.5. The average molecular weight is 484 g/mol. The average Bonchev–Trinajstić information content (AvgIpc) is 3.08. The molecule has 1 aromatic carbocycles. The Morgan fingerprint density at radius 2 is 1.94 bits per heavy atom. The molecule has 3 aromatic rings.